The van der Waals surface area contributed by atoms with Crippen LogP contribution < -0.4 is 14.5 Å². The Bertz CT molecular complexity index is 1980. The first-order valence-corrected chi connectivity index (χ1v) is 18.8. The lowest BCUT2D eigenvalue weighted by molar-refractivity contribution is 0.0697. The summed E-state index contributed by atoms with van der Waals surface area (Å²) in [5.74, 6) is 1.02. The van der Waals surface area contributed by atoms with Gasteiger partial charge in [0.2, 0.25) is 0 Å². The van der Waals surface area contributed by atoms with Crippen molar-refractivity contribution < 1.29 is 19.4 Å². The number of carboxylic acid groups (broad SMARTS) is 1. The van der Waals surface area contributed by atoms with Gasteiger partial charge < -0.3 is 19.3 Å². The van der Waals surface area contributed by atoms with Gasteiger partial charge >= 0.3 is 5.97 Å². The summed E-state index contributed by atoms with van der Waals surface area (Å²) in [6, 6.07) is 28.5. The van der Waals surface area contributed by atoms with Crippen LogP contribution in [0.2, 0.25) is 5.15 Å². The van der Waals surface area contributed by atoms with Gasteiger partial charge in [-0.05, 0) is 72.8 Å². The maximum atomic E-state index is 14.6. The third kappa shape index (κ3) is 9.07. The largest absolute Gasteiger partial charge is 0.495 e. The SMILES string of the molecule is CCCCc1nc(Cl)c(C(=O)N(CCCCN2CCN(c3ccccc3OC)CC2)c2ccccn2)n1Cc1ccc(-c2ccccc2C(=O)O)cc1. The standard InChI is InChI=1S/C42H47ClN6O4/c1-3-4-17-38-45-40(43)39(49(38)30-31-19-21-32(22-20-31)33-13-5-6-14-34(33)42(51)52)41(50)48(37-18-9-10-23-44-37)25-12-11-24-46-26-28-47(29-27-46)35-15-7-8-16-36(35)53-2/h5-10,13-16,18-23H,3-4,11-12,17,24-30H2,1-2H3,(H,51,52). The van der Waals surface area contributed by atoms with Crippen LogP contribution in [0.5, 0.6) is 5.75 Å². The van der Waals surface area contributed by atoms with Crippen LogP contribution in [-0.4, -0.2) is 82.8 Å². The predicted molar refractivity (Wildman–Crippen MR) is 211 cm³/mol. The Morgan fingerprint density at radius 2 is 1.62 bits per heavy atom. The Kier molecular flexibility index (Phi) is 12.8. The number of hydrogen-bond acceptors (Lipinski definition) is 7. The second-order valence-electron chi connectivity index (χ2n) is 13.3. The smallest absolute Gasteiger partial charge is 0.336 e. The summed E-state index contributed by atoms with van der Waals surface area (Å²) in [7, 11) is 1.71. The van der Waals surface area contributed by atoms with E-state index in [2.05, 4.69) is 27.8 Å². The number of aryl methyl sites for hydroxylation is 1. The van der Waals surface area contributed by atoms with Crippen molar-refractivity contribution in [2.45, 2.75) is 45.6 Å². The second kappa shape index (κ2) is 18.0. The molecule has 1 saturated heterocycles. The molecule has 0 aliphatic carbocycles. The fraction of sp³-hybridized carbons (Fsp3) is 0.333. The van der Waals surface area contributed by atoms with Gasteiger partial charge in [0.05, 0.1) is 18.4 Å². The molecule has 0 bridgehead atoms. The molecule has 11 heteroatoms. The number of carboxylic acids is 1. The van der Waals surface area contributed by atoms with Crippen molar-refractivity contribution >= 4 is 35.0 Å². The number of nitrogens with zero attached hydrogens (tertiary/aromatic N) is 6. The summed E-state index contributed by atoms with van der Waals surface area (Å²) in [6.45, 7) is 7.72. The Labute approximate surface area is 316 Å². The Morgan fingerprint density at radius 3 is 2.34 bits per heavy atom. The average molecular weight is 735 g/mol. The number of pyridine rings is 1. The number of rotatable bonds is 16. The normalized spacial score (nSPS) is 13.2. The van der Waals surface area contributed by atoms with Crippen LogP contribution in [0, 0.1) is 0 Å². The van der Waals surface area contributed by atoms with Gasteiger partial charge in [0.1, 0.15) is 23.1 Å². The highest BCUT2D eigenvalue weighted by Gasteiger charge is 2.28. The van der Waals surface area contributed by atoms with Crippen LogP contribution in [0.3, 0.4) is 0 Å². The van der Waals surface area contributed by atoms with Crippen LogP contribution >= 0.6 is 11.6 Å². The molecule has 10 nitrogen and oxygen atoms in total. The van der Waals surface area contributed by atoms with E-state index in [1.54, 1.807) is 30.3 Å². The molecule has 276 valence electrons. The third-order valence-corrected chi connectivity index (χ3v) is 10.1. The molecule has 1 aliphatic rings. The Hall–Kier alpha value is -5.19. The number of para-hydroxylation sites is 2. The monoisotopic (exact) mass is 734 g/mol. The van der Waals surface area contributed by atoms with Crippen molar-refractivity contribution in [1.82, 2.24) is 19.4 Å². The number of methoxy groups -OCH3 is 1. The number of aromatic nitrogens is 3. The van der Waals surface area contributed by atoms with Crippen LogP contribution in [0.25, 0.3) is 11.1 Å². The average Bonchev–Trinajstić information content (AvgIpc) is 3.51. The molecular weight excluding hydrogens is 688 g/mol. The van der Waals surface area contributed by atoms with Crippen LogP contribution in [0.4, 0.5) is 11.5 Å². The molecule has 1 amide bonds. The summed E-state index contributed by atoms with van der Waals surface area (Å²) < 4.78 is 7.53. The van der Waals surface area contributed by atoms with Gasteiger partial charge in [-0.25, -0.2) is 14.8 Å². The van der Waals surface area contributed by atoms with E-state index in [-0.39, 0.29) is 16.6 Å². The first kappa shape index (κ1) is 37.6. The summed E-state index contributed by atoms with van der Waals surface area (Å²) >= 11 is 6.84. The molecule has 0 unspecified atom stereocenters. The fourth-order valence-electron chi connectivity index (χ4n) is 6.93. The van der Waals surface area contributed by atoms with E-state index < -0.39 is 5.97 Å². The van der Waals surface area contributed by atoms with Crippen LogP contribution in [0.15, 0.2) is 97.2 Å². The van der Waals surface area contributed by atoms with E-state index in [1.165, 1.54) is 0 Å². The highest BCUT2D eigenvalue weighted by molar-refractivity contribution is 6.33. The summed E-state index contributed by atoms with van der Waals surface area (Å²) in [4.78, 5) is 42.3. The molecule has 3 aromatic carbocycles. The van der Waals surface area contributed by atoms with E-state index in [4.69, 9.17) is 21.3 Å². The topological polar surface area (TPSA) is 104 Å². The molecular formula is C42H47ClN6O4. The van der Waals surface area contributed by atoms with Crippen LogP contribution in [0.1, 0.15) is 64.8 Å². The number of amides is 1. The summed E-state index contributed by atoms with van der Waals surface area (Å²) in [5, 5.41) is 9.89. The van der Waals surface area contributed by atoms with Gasteiger partial charge in [0, 0.05) is 51.9 Å². The number of halogens is 1. The fourth-order valence-corrected chi connectivity index (χ4v) is 7.21. The lowest BCUT2D eigenvalue weighted by Crippen LogP contribution is -2.46. The lowest BCUT2D eigenvalue weighted by atomic mass is 9.98. The molecule has 1 fully saturated rings. The minimum Gasteiger partial charge on any atom is -0.495 e. The van der Waals surface area contributed by atoms with E-state index in [0.717, 1.165) is 86.8 Å². The van der Waals surface area contributed by atoms with Gasteiger partial charge in [-0.3, -0.25) is 14.6 Å². The Balaban J connectivity index is 1.17. The first-order chi connectivity index (χ1) is 25.9. The van der Waals surface area contributed by atoms with Crippen molar-refractivity contribution in [3.05, 3.63) is 125 Å². The van der Waals surface area contributed by atoms with E-state index in [1.807, 2.05) is 77.4 Å². The number of piperazine rings is 1. The number of imidazole rings is 1. The van der Waals surface area contributed by atoms with Crippen molar-refractivity contribution in [2.75, 3.05) is 56.2 Å². The van der Waals surface area contributed by atoms with Crippen molar-refractivity contribution in [1.29, 1.82) is 0 Å². The zero-order chi connectivity index (χ0) is 37.2. The van der Waals surface area contributed by atoms with Crippen molar-refractivity contribution in [3.8, 4) is 16.9 Å². The zero-order valence-corrected chi connectivity index (χ0v) is 31.2. The highest BCUT2D eigenvalue weighted by atomic mass is 35.5. The van der Waals surface area contributed by atoms with E-state index >= 15 is 0 Å². The molecule has 0 spiro atoms. The van der Waals surface area contributed by atoms with Gasteiger partial charge in [0.25, 0.3) is 5.91 Å². The predicted octanol–water partition coefficient (Wildman–Crippen LogP) is 7.95. The quantitative estimate of drug-likeness (QED) is 0.102. The van der Waals surface area contributed by atoms with Crippen molar-refractivity contribution in [3.63, 3.8) is 0 Å². The number of anilines is 2. The summed E-state index contributed by atoms with van der Waals surface area (Å²) in [5.41, 5.74) is 4.12. The van der Waals surface area contributed by atoms with Crippen LogP contribution in [-0.2, 0) is 13.0 Å². The molecule has 5 aromatic rings. The molecule has 2 aromatic heterocycles. The minimum absolute atomic E-state index is 0.182. The number of ether oxygens (including phenoxy) is 1. The van der Waals surface area contributed by atoms with Gasteiger partial charge in [0.15, 0.2) is 5.15 Å². The summed E-state index contributed by atoms with van der Waals surface area (Å²) in [6.07, 6.45) is 5.98. The van der Waals surface area contributed by atoms with Gasteiger partial charge in [-0.15, -0.1) is 0 Å². The number of unbranched alkanes of at least 4 members (excludes halogenated alkanes) is 2. The zero-order valence-electron chi connectivity index (χ0n) is 30.5. The first-order valence-electron chi connectivity index (χ1n) is 18.4. The third-order valence-electron chi connectivity index (χ3n) is 9.80. The molecule has 53 heavy (non-hydrogen) atoms. The molecule has 1 N–H and O–H groups in total. The molecule has 6 rings (SSSR count). The molecule has 0 radical (unpaired) electrons. The number of carbonyl (C=O) groups excluding carboxylic acids is 1. The molecule has 0 atom stereocenters. The second-order valence-corrected chi connectivity index (χ2v) is 13.6. The maximum absolute atomic E-state index is 14.6. The van der Waals surface area contributed by atoms with Gasteiger partial charge in [-0.1, -0.05) is 85.6 Å². The highest BCUT2D eigenvalue weighted by Crippen LogP contribution is 2.30. The maximum Gasteiger partial charge on any atom is 0.336 e. The van der Waals surface area contributed by atoms with Gasteiger partial charge in [-0.2, -0.15) is 0 Å². The molecule has 1 aliphatic heterocycles. The number of benzene rings is 3. The Morgan fingerprint density at radius 1 is 0.887 bits per heavy atom. The molecule has 3 heterocycles. The number of hydrogen-bond donors (Lipinski definition) is 1. The molecule has 0 saturated carbocycles. The van der Waals surface area contributed by atoms with E-state index in [0.29, 0.717) is 36.6 Å². The number of aromatic carboxylic acids is 1. The van der Waals surface area contributed by atoms with Crippen molar-refractivity contribution in [2.24, 2.45) is 0 Å². The minimum atomic E-state index is -0.970. The number of carbonyl (C=O) groups is 2. The van der Waals surface area contributed by atoms with E-state index in [9.17, 15) is 14.7 Å². The lowest BCUT2D eigenvalue weighted by Gasteiger charge is -2.36.